The number of likely N-dealkylation sites (tertiary alicyclic amines) is 2. The Bertz CT molecular complexity index is 1810. The maximum absolute atomic E-state index is 12.7. The van der Waals surface area contributed by atoms with Crippen LogP contribution >= 0.6 is 0 Å². The molecule has 2 saturated heterocycles. The summed E-state index contributed by atoms with van der Waals surface area (Å²) in [7, 11) is 0. The molecular weight excluding hydrogens is 532 g/mol. The molecule has 2 aliphatic rings. The highest BCUT2D eigenvalue weighted by Gasteiger charge is 2.35. The molecule has 0 saturated carbocycles. The second-order valence-electron chi connectivity index (χ2n) is 11.7. The number of carbonyl (C=O) groups is 2. The number of carbonyl (C=O) groups excluding carboxylic acids is 1. The fourth-order valence-corrected chi connectivity index (χ4v) is 5.61. The van der Waals surface area contributed by atoms with Gasteiger partial charge in [-0.1, -0.05) is 11.8 Å². The van der Waals surface area contributed by atoms with Crippen LogP contribution in [0, 0.1) is 23.7 Å². The van der Waals surface area contributed by atoms with Gasteiger partial charge in [0.05, 0.1) is 34.2 Å². The smallest absolute Gasteiger partial charge is 0.410 e. The number of nitrogens with zero attached hydrogens (tertiary/aromatic N) is 4. The average Bonchev–Trinajstić information content (AvgIpc) is 3.74. The number of amides is 2. The molecule has 42 heavy (non-hydrogen) atoms. The second-order valence-corrected chi connectivity index (χ2v) is 11.7. The van der Waals surface area contributed by atoms with E-state index in [1.165, 1.54) is 4.90 Å². The van der Waals surface area contributed by atoms with E-state index in [4.69, 9.17) is 9.72 Å². The summed E-state index contributed by atoms with van der Waals surface area (Å²) in [6, 6.07) is 11.0. The van der Waals surface area contributed by atoms with Gasteiger partial charge in [-0.3, -0.25) is 9.80 Å². The molecule has 2 aliphatic heterocycles. The number of hydrogen-bond donors (Lipinski definition) is 3. The fourth-order valence-electron chi connectivity index (χ4n) is 5.61. The summed E-state index contributed by atoms with van der Waals surface area (Å²) in [5.74, 6) is 13.4. The van der Waals surface area contributed by atoms with E-state index in [2.05, 4.69) is 38.6 Å². The number of nitrogens with one attached hydrogen (secondary N) is 2. The van der Waals surface area contributed by atoms with E-state index in [1.807, 2.05) is 57.2 Å². The number of rotatable bonds is 2. The van der Waals surface area contributed by atoms with Crippen molar-refractivity contribution in [3.63, 3.8) is 0 Å². The van der Waals surface area contributed by atoms with Crippen LogP contribution in [-0.4, -0.2) is 65.7 Å². The molecule has 2 aromatic heterocycles. The van der Waals surface area contributed by atoms with Crippen LogP contribution in [0.25, 0.3) is 22.1 Å². The largest absolute Gasteiger partial charge is 0.465 e. The molecular formula is C32H32N6O4. The Morgan fingerprint density at radius 1 is 0.857 bits per heavy atom. The number of carboxylic acid groups (broad SMARTS) is 1. The van der Waals surface area contributed by atoms with Crippen LogP contribution in [0.15, 0.2) is 36.4 Å². The number of fused-ring (bicyclic) bond motifs is 2. The van der Waals surface area contributed by atoms with Crippen LogP contribution in [0.1, 0.15) is 81.3 Å². The van der Waals surface area contributed by atoms with Gasteiger partial charge in [-0.05, 0) is 94.7 Å². The standard InChI is InChI=1S/C32H32N6O4/c1-32(2,3)42-31(41)38-17-7-11-27(38)29-34-23-15-13-21(19-25(23)36-29)9-5-4-8-20-12-14-22-24(18-20)35-28(33-22)26-10-6-16-37(26)30(39)40/h12-15,18-19,26-27H,6-7,10-11,16-17H2,1-3H3,(H,33,35)(H,34,36)(H,39,40). The number of imidazole rings is 2. The molecule has 10 heteroatoms. The highest BCUT2D eigenvalue weighted by molar-refractivity contribution is 5.78. The molecule has 10 nitrogen and oxygen atoms in total. The molecule has 2 atom stereocenters. The summed E-state index contributed by atoms with van der Waals surface area (Å²) in [4.78, 5) is 43.4. The molecule has 4 heterocycles. The molecule has 0 spiro atoms. The van der Waals surface area contributed by atoms with Crippen LogP contribution in [0.4, 0.5) is 9.59 Å². The predicted octanol–water partition coefficient (Wildman–Crippen LogP) is 5.73. The molecule has 214 valence electrons. The van der Waals surface area contributed by atoms with Crippen LogP contribution in [0.2, 0.25) is 0 Å². The molecule has 2 aromatic carbocycles. The maximum Gasteiger partial charge on any atom is 0.410 e. The first-order chi connectivity index (χ1) is 20.1. The normalized spacial score (nSPS) is 18.5. The van der Waals surface area contributed by atoms with Crippen molar-refractivity contribution in [1.29, 1.82) is 0 Å². The van der Waals surface area contributed by atoms with Gasteiger partial charge in [0.1, 0.15) is 17.2 Å². The molecule has 6 rings (SSSR count). The highest BCUT2D eigenvalue weighted by Crippen LogP contribution is 2.33. The third-order valence-electron chi connectivity index (χ3n) is 7.49. The highest BCUT2D eigenvalue weighted by atomic mass is 16.6. The van der Waals surface area contributed by atoms with Gasteiger partial charge in [0.2, 0.25) is 0 Å². The Balaban J connectivity index is 1.16. The maximum atomic E-state index is 12.7. The van der Waals surface area contributed by atoms with Crippen molar-refractivity contribution >= 4 is 34.3 Å². The molecule has 4 aromatic rings. The van der Waals surface area contributed by atoms with Crippen molar-refractivity contribution in [2.75, 3.05) is 13.1 Å². The lowest BCUT2D eigenvalue weighted by Gasteiger charge is -2.27. The number of aromatic nitrogens is 4. The molecule has 3 N–H and O–H groups in total. The molecule has 2 fully saturated rings. The summed E-state index contributed by atoms with van der Waals surface area (Å²) in [6.07, 6.45) is 2.06. The van der Waals surface area contributed by atoms with Crippen LogP contribution < -0.4 is 0 Å². The van der Waals surface area contributed by atoms with Gasteiger partial charge in [0, 0.05) is 24.2 Å². The minimum atomic E-state index is -0.922. The van der Waals surface area contributed by atoms with Crippen molar-refractivity contribution in [3.8, 4) is 23.7 Å². The third kappa shape index (κ3) is 5.61. The van der Waals surface area contributed by atoms with Gasteiger partial charge in [0.15, 0.2) is 0 Å². The minimum absolute atomic E-state index is 0.148. The zero-order valence-corrected chi connectivity index (χ0v) is 23.8. The Morgan fingerprint density at radius 2 is 1.36 bits per heavy atom. The van der Waals surface area contributed by atoms with Crippen LogP contribution in [-0.2, 0) is 4.74 Å². The third-order valence-corrected chi connectivity index (χ3v) is 7.49. The van der Waals surface area contributed by atoms with E-state index < -0.39 is 11.7 Å². The van der Waals surface area contributed by atoms with Gasteiger partial charge in [0.25, 0.3) is 0 Å². The molecule has 0 bridgehead atoms. The van der Waals surface area contributed by atoms with Gasteiger partial charge < -0.3 is 19.8 Å². The first kappa shape index (κ1) is 27.2. The van der Waals surface area contributed by atoms with Crippen molar-refractivity contribution in [2.45, 2.75) is 64.1 Å². The Kier molecular flexibility index (Phi) is 6.99. The first-order valence-electron chi connectivity index (χ1n) is 14.2. The van der Waals surface area contributed by atoms with Gasteiger partial charge in [-0.25, -0.2) is 19.6 Å². The van der Waals surface area contributed by atoms with Gasteiger partial charge in [-0.15, -0.1) is 0 Å². The predicted molar refractivity (Wildman–Crippen MR) is 158 cm³/mol. The average molecular weight is 565 g/mol. The Labute approximate surface area is 243 Å². The summed E-state index contributed by atoms with van der Waals surface area (Å²) < 4.78 is 5.60. The summed E-state index contributed by atoms with van der Waals surface area (Å²) in [5, 5.41) is 9.45. The zero-order valence-electron chi connectivity index (χ0n) is 23.8. The summed E-state index contributed by atoms with van der Waals surface area (Å²) in [6.45, 7) is 6.77. The lowest BCUT2D eigenvalue weighted by atomic mass is 10.2. The molecule has 2 unspecified atom stereocenters. The van der Waals surface area contributed by atoms with Crippen molar-refractivity contribution in [2.24, 2.45) is 0 Å². The monoisotopic (exact) mass is 564 g/mol. The van der Waals surface area contributed by atoms with Gasteiger partial charge in [-0.2, -0.15) is 0 Å². The van der Waals surface area contributed by atoms with Crippen molar-refractivity contribution in [3.05, 3.63) is 59.2 Å². The molecule has 2 amide bonds. The minimum Gasteiger partial charge on any atom is -0.465 e. The Hall–Kier alpha value is -4.96. The fraction of sp³-hybridized carbons (Fsp3) is 0.375. The molecule has 0 radical (unpaired) electrons. The number of H-pyrrole nitrogens is 2. The lowest BCUT2D eigenvalue weighted by molar-refractivity contribution is 0.0219. The van der Waals surface area contributed by atoms with Crippen LogP contribution in [0.5, 0.6) is 0 Å². The van der Waals surface area contributed by atoms with Crippen LogP contribution in [0.3, 0.4) is 0 Å². The Morgan fingerprint density at radius 3 is 1.86 bits per heavy atom. The van der Waals surface area contributed by atoms with E-state index >= 15 is 0 Å². The zero-order chi connectivity index (χ0) is 29.4. The van der Waals surface area contributed by atoms with Gasteiger partial charge >= 0.3 is 12.2 Å². The van der Waals surface area contributed by atoms with E-state index in [0.717, 1.165) is 64.7 Å². The van der Waals surface area contributed by atoms with Crippen molar-refractivity contribution in [1.82, 2.24) is 29.7 Å². The second kappa shape index (κ2) is 10.8. The number of ether oxygens (including phenoxy) is 1. The van der Waals surface area contributed by atoms with E-state index in [-0.39, 0.29) is 18.2 Å². The topological polar surface area (TPSA) is 127 Å². The molecule has 0 aliphatic carbocycles. The number of benzene rings is 2. The van der Waals surface area contributed by atoms with E-state index in [1.54, 1.807) is 4.90 Å². The number of hydrogen-bond acceptors (Lipinski definition) is 5. The summed E-state index contributed by atoms with van der Waals surface area (Å²) >= 11 is 0. The quantitative estimate of drug-likeness (QED) is 0.267. The first-order valence-corrected chi connectivity index (χ1v) is 14.2. The van der Waals surface area contributed by atoms with Crippen molar-refractivity contribution < 1.29 is 19.4 Å². The van der Waals surface area contributed by atoms with E-state index in [9.17, 15) is 14.7 Å². The lowest BCUT2D eigenvalue weighted by Crippen LogP contribution is -2.36. The number of aromatic amines is 2. The SMILES string of the molecule is CC(C)(C)OC(=O)N1CCCC1c1nc2ccc(C#CC#Cc3ccc4nc(C5CCCN5C(=O)O)[nH]c4c3)cc2[nH]1. The summed E-state index contributed by atoms with van der Waals surface area (Å²) in [5.41, 5.74) is 4.29. The van der Waals surface area contributed by atoms with E-state index in [0.29, 0.717) is 18.9 Å².